The van der Waals surface area contributed by atoms with Gasteiger partial charge >= 0.3 is 0 Å². The lowest BCUT2D eigenvalue weighted by molar-refractivity contribution is 0.600. The van der Waals surface area contributed by atoms with Crippen LogP contribution in [0.15, 0.2) is 6.20 Å². The summed E-state index contributed by atoms with van der Waals surface area (Å²) in [4.78, 5) is 4.21. The van der Waals surface area contributed by atoms with Gasteiger partial charge in [0.1, 0.15) is 0 Å². The lowest BCUT2D eigenvalue weighted by atomic mass is 10.3. The molecule has 1 aromatic heterocycles. The Bertz CT molecular complexity index is 703. The number of aromatic nitrogens is 3. The minimum atomic E-state index is -2.98. The summed E-state index contributed by atoms with van der Waals surface area (Å²) in [5.74, 6) is 1.16. The van der Waals surface area contributed by atoms with E-state index in [1.807, 2.05) is 0 Å². The minimum Gasteiger partial charge on any atom is -0.365 e. The van der Waals surface area contributed by atoms with Crippen LogP contribution in [0.1, 0.15) is 12.8 Å². The van der Waals surface area contributed by atoms with Gasteiger partial charge in [-0.25, -0.2) is 16.8 Å². The minimum absolute atomic E-state index is 0.0644. The van der Waals surface area contributed by atoms with E-state index in [4.69, 9.17) is 0 Å². The van der Waals surface area contributed by atoms with E-state index < -0.39 is 19.7 Å². The Morgan fingerprint density at radius 1 is 0.955 bits per heavy atom. The van der Waals surface area contributed by atoms with Gasteiger partial charge < -0.3 is 10.6 Å². The van der Waals surface area contributed by atoms with E-state index >= 15 is 0 Å². The zero-order chi connectivity index (χ0) is 15.8. The highest BCUT2D eigenvalue weighted by atomic mass is 32.2. The van der Waals surface area contributed by atoms with Crippen LogP contribution in [0.3, 0.4) is 0 Å². The largest absolute Gasteiger partial charge is 0.365 e. The average Bonchev–Trinajstić information content (AvgIpc) is 2.92. The number of nitrogens with one attached hydrogen (secondary N) is 2. The second-order valence-corrected chi connectivity index (χ2v) is 10.1. The standard InChI is InChI=1S/C11H17N5O4S2/c17-21(18)3-1-8(6-21)13-10-5-12-16-11(15-10)14-9-2-4-22(19,20)7-9/h5,8-9H,1-4,6-7H2,(H2,13,14,15,16). The molecule has 0 aromatic carbocycles. The van der Waals surface area contributed by atoms with Crippen LogP contribution in [-0.2, 0) is 19.7 Å². The molecule has 0 radical (unpaired) electrons. The molecule has 2 aliphatic heterocycles. The summed E-state index contributed by atoms with van der Waals surface area (Å²) in [5, 5.41) is 13.6. The van der Waals surface area contributed by atoms with Crippen molar-refractivity contribution in [3.8, 4) is 0 Å². The Kier molecular flexibility index (Phi) is 3.93. The number of hydrogen-bond donors (Lipinski definition) is 2. The summed E-state index contributed by atoms with van der Waals surface area (Å²) >= 11 is 0. The summed E-state index contributed by atoms with van der Waals surface area (Å²) < 4.78 is 45.7. The fourth-order valence-corrected chi connectivity index (χ4v) is 5.99. The second-order valence-electron chi connectivity index (χ2n) is 5.65. The molecule has 3 rings (SSSR count). The molecule has 122 valence electrons. The first kappa shape index (κ1) is 15.4. The SMILES string of the molecule is O=S1(=O)CCC(Nc2cnnc(NC3CCS(=O)(=O)C3)n2)C1. The molecule has 0 aliphatic carbocycles. The van der Waals surface area contributed by atoms with Gasteiger partial charge in [0.15, 0.2) is 25.5 Å². The van der Waals surface area contributed by atoms with Crippen LogP contribution in [0.2, 0.25) is 0 Å². The van der Waals surface area contributed by atoms with Gasteiger partial charge in [-0.15, -0.1) is 5.10 Å². The van der Waals surface area contributed by atoms with Crippen molar-refractivity contribution in [3.05, 3.63) is 6.20 Å². The summed E-state index contributed by atoms with van der Waals surface area (Å²) in [6.45, 7) is 0. The maximum absolute atomic E-state index is 11.4. The molecule has 0 amide bonds. The maximum atomic E-state index is 11.4. The highest BCUT2D eigenvalue weighted by molar-refractivity contribution is 7.91. The van der Waals surface area contributed by atoms with Crippen LogP contribution in [0.5, 0.6) is 0 Å². The van der Waals surface area contributed by atoms with Crippen LogP contribution >= 0.6 is 0 Å². The summed E-state index contributed by atoms with van der Waals surface area (Å²) in [5.41, 5.74) is 0. The van der Waals surface area contributed by atoms with Crippen LogP contribution in [0.25, 0.3) is 0 Å². The van der Waals surface area contributed by atoms with Crippen LogP contribution in [0.4, 0.5) is 11.8 Å². The molecular formula is C11H17N5O4S2. The van der Waals surface area contributed by atoms with Crippen molar-refractivity contribution in [3.63, 3.8) is 0 Å². The Balaban J connectivity index is 1.63. The molecule has 2 N–H and O–H groups in total. The maximum Gasteiger partial charge on any atom is 0.244 e. The molecule has 11 heteroatoms. The average molecular weight is 347 g/mol. The van der Waals surface area contributed by atoms with Gasteiger partial charge in [0.05, 0.1) is 29.2 Å². The van der Waals surface area contributed by atoms with E-state index in [0.717, 1.165) is 0 Å². The Hall–Kier alpha value is -1.49. The van der Waals surface area contributed by atoms with Gasteiger partial charge in [-0.3, -0.25) is 0 Å². The third-order valence-corrected chi connectivity index (χ3v) is 7.24. The predicted octanol–water partition coefficient (Wildman–Crippen LogP) is -0.930. The lowest BCUT2D eigenvalue weighted by Crippen LogP contribution is -2.24. The second kappa shape index (κ2) is 5.61. The molecule has 2 unspecified atom stereocenters. The highest BCUT2D eigenvalue weighted by Gasteiger charge is 2.29. The van der Waals surface area contributed by atoms with Gasteiger partial charge in [-0.05, 0) is 12.8 Å². The molecule has 2 aliphatic rings. The van der Waals surface area contributed by atoms with Crippen LogP contribution < -0.4 is 10.6 Å². The van der Waals surface area contributed by atoms with Crippen LogP contribution in [-0.4, -0.2) is 67.1 Å². The first-order valence-corrected chi connectivity index (χ1v) is 10.6. The van der Waals surface area contributed by atoms with Crippen molar-refractivity contribution in [1.29, 1.82) is 0 Å². The smallest absolute Gasteiger partial charge is 0.244 e. The first-order chi connectivity index (χ1) is 10.3. The van der Waals surface area contributed by atoms with Crippen LogP contribution in [0, 0.1) is 0 Å². The molecule has 2 saturated heterocycles. The predicted molar refractivity (Wildman–Crippen MR) is 81.2 cm³/mol. The Labute approximate surface area is 128 Å². The van der Waals surface area contributed by atoms with Gasteiger partial charge in [0, 0.05) is 12.1 Å². The molecule has 0 saturated carbocycles. The molecule has 22 heavy (non-hydrogen) atoms. The normalized spacial score (nSPS) is 29.3. The number of sulfone groups is 2. The Morgan fingerprint density at radius 2 is 1.55 bits per heavy atom. The third kappa shape index (κ3) is 3.83. The number of hydrogen-bond acceptors (Lipinski definition) is 9. The van der Waals surface area contributed by atoms with Crippen molar-refractivity contribution >= 4 is 31.4 Å². The summed E-state index contributed by atoms with van der Waals surface area (Å²) in [6, 6.07) is -0.393. The number of anilines is 2. The quantitative estimate of drug-likeness (QED) is 0.709. The van der Waals surface area contributed by atoms with E-state index in [-0.39, 0.29) is 41.0 Å². The third-order valence-electron chi connectivity index (χ3n) is 3.71. The first-order valence-electron chi connectivity index (χ1n) is 6.95. The van der Waals surface area contributed by atoms with E-state index in [9.17, 15) is 16.8 Å². The van der Waals surface area contributed by atoms with E-state index in [1.54, 1.807) is 0 Å². The number of nitrogens with zero attached hydrogens (tertiary/aromatic N) is 3. The topological polar surface area (TPSA) is 131 Å². The summed E-state index contributed by atoms with van der Waals surface area (Å²) in [7, 11) is -5.94. The fourth-order valence-electron chi connectivity index (χ4n) is 2.64. The molecular weight excluding hydrogens is 330 g/mol. The molecule has 1 aromatic rings. The van der Waals surface area contributed by atoms with Crippen molar-refractivity contribution in [1.82, 2.24) is 15.2 Å². The van der Waals surface area contributed by atoms with E-state index in [2.05, 4.69) is 25.8 Å². The van der Waals surface area contributed by atoms with Gasteiger partial charge in [0.2, 0.25) is 5.95 Å². The monoisotopic (exact) mass is 347 g/mol. The molecule has 0 bridgehead atoms. The summed E-state index contributed by atoms with van der Waals surface area (Å²) in [6.07, 6.45) is 2.47. The highest BCUT2D eigenvalue weighted by Crippen LogP contribution is 2.18. The molecule has 3 heterocycles. The van der Waals surface area contributed by atoms with Gasteiger partial charge in [-0.1, -0.05) is 0 Å². The molecule has 0 spiro atoms. The molecule has 2 fully saturated rings. The van der Waals surface area contributed by atoms with E-state index in [0.29, 0.717) is 18.7 Å². The fraction of sp³-hybridized carbons (Fsp3) is 0.727. The number of rotatable bonds is 4. The van der Waals surface area contributed by atoms with Gasteiger partial charge in [-0.2, -0.15) is 10.1 Å². The van der Waals surface area contributed by atoms with Crippen molar-refractivity contribution in [2.24, 2.45) is 0 Å². The zero-order valence-corrected chi connectivity index (χ0v) is 13.4. The van der Waals surface area contributed by atoms with Crippen molar-refractivity contribution < 1.29 is 16.8 Å². The van der Waals surface area contributed by atoms with Crippen molar-refractivity contribution in [2.45, 2.75) is 24.9 Å². The molecule has 2 atom stereocenters. The molecule has 9 nitrogen and oxygen atoms in total. The van der Waals surface area contributed by atoms with Crippen molar-refractivity contribution in [2.75, 3.05) is 33.6 Å². The van der Waals surface area contributed by atoms with Gasteiger partial charge in [0.25, 0.3) is 0 Å². The Morgan fingerprint density at radius 3 is 2.09 bits per heavy atom. The van der Waals surface area contributed by atoms with E-state index in [1.165, 1.54) is 6.20 Å². The zero-order valence-electron chi connectivity index (χ0n) is 11.8. The lowest BCUT2D eigenvalue weighted by Gasteiger charge is -2.13.